The number of hydrogen-bond acceptors (Lipinski definition) is 4. The second-order valence-corrected chi connectivity index (χ2v) is 7.92. The first-order chi connectivity index (χ1) is 13.7. The van der Waals surface area contributed by atoms with Crippen LogP contribution in [-0.4, -0.2) is 35.7 Å². The molecule has 0 amide bonds. The van der Waals surface area contributed by atoms with Crippen LogP contribution in [0.25, 0.3) is 17.2 Å². The molecule has 6 heteroatoms. The number of rotatable bonds is 3. The number of hydrogen-bond donors (Lipinski definition) is 0. The molecule has 3 heterocycles. The molecule has 0 unspecified atom stereocenters. The van der Waals surface area contributed by atoms with Gasteiger partial charge in [0.05, 0.1) is 5.52 Å². The number of fused-ring (bicyclic) bond motifs is 2. The fraction of sp³-hybridized carbons (Fsp3) is 0.318. The van der Waals surface area contributed by atoms with Crippen LogP contribution in [0, 0.1) is 0 Å². The zero-order chi connectivity index (χ0) is 19.1. The molecule has 0 N–H and O–H groups in total. The highest BCUT2D eigenvalue weighted by Crippen LogP contribution is 2.29. The predicted octanol–water partition coefficient (Wildman–Crippen LogP) is 4.36. The van der Waals surface area contributed by atoms with E-state index >= 15 is 0 Å². The summed E-state index contributed by atoms with van der Waals surface area (Å²) in [7, 11) is 0. The summed E-state index contributed by atoms with van der Waals surface area (Å²) in [5.74, 6) is 0.658. The van der Waals surface area contributed by atoms with Gasteiger partial charge in [0.2, 0.25) is 0 Å². The maximum Gasteiger partial charge on any atom is 0.420 e. The Hall–Kier alpha value is -2.50. The monoisotopic (exact) mass is 396 g/mol. The summed E-state index contributed by atoms with van der Waals surface area (Å²) in [6.45, 7) is 3.40. The fourth-order valence-electron chi connectivity index (χ4n) is 4.23. The lowest BCUT2D eigenvalue weighted by atomic mass is 10.0. The third kappa shape index (κ3) is 3.25. The summed E-state index contributed by atoms with van der Waals surface area (Å²) in [5.41, 5.74) is 3.82. The Morgan fingerprint density at radius 2 is 1.93 bits per heavy atom. The molecule has 144 valence electrons. The highest BCUT2D eigenvalue weighted by Gasteiger charge is 2.25. The molecule has 2 aromatic carbocycles. The average Bonchev–Trinajstić information content (AvgIpc) is 3.03. The highest BCUT2D eigenvalue weighted by atomic mass is 35.5. The smallest absolute Gasteiger partial charge is 0.420 e. The van der Waals surface area contributed by atoms with Gasteiger partial charge in [-0.1, -0.05) is 29.8 Å². The minimum Gasteiger partial charge on any atom is -0.489 e. The van der Waals surface area contributed by atoms with E-state index in [1.807, 2.05) is 24.3 Å². The van der Waals surface area contributed by atoms with E-state index in [0.717, 1.165) is 49.3 Å². The van der Waals surface area contributed by atoms with Crippen molar-refractivity contribution in [1.82, 2.24) is 9.47 Å². The van der Waals surface area contributed by atoms with E-state index in [2.05, 4.69) is 17.0 Å². The van der Waals surface area contributed by atoms with E-state index in [1.165, 1.54) is 5.57 Å². The lowest BCUT2D eigenvalue weighted by Gasteiger charge is -2.33. The Bertz CT molecular complexity index is 1110. The van der Waals surface area contributed by atoms with Crippen molar-refractivity contribution < 1.29 is 9.15 Å². The van der Waals surface area contributed by atoms with E-state index in [-0.39, 0.29) is 11.8 Å². The maximum atomic E-state index is 12.4. The number of likely N-dealkylation sites (tertiary alicyclic amines) is 1. The Balaban J connectivity index is 1.29. The second kappa shape index (κ2) is 7.15. The fourth-order valence-corrected chi connectivity index (χ4v) is 4.40. The van der Waals surface area contributed by atoms with Crippen LogP contribution >= 0.6 is 11.6 Å². The van der Waals surface area contributed by atoms with E-state index in [9.17, 15) is 4.79 Å². The SMILES string of the molecule is O=c1oc2ccc(Cl)cc2n1C1CCN(CC2=Cc3ccccc3OC2)CC1. The summed E-state index contributed by atoms with van der Waals surface area (Å²) in [6.07, 6.45) is 4.05. The molecule has 28 heavy (non-hydrogen) atoms. The van der Waals surface area contributed by atoms with Crippen molar-refractivity contribution in [2.45, 2.75) is 18.9 Å². The number of para-hydroxylation sites is 1. The highest BCUT2D eigenvalue weighted by molar-refractivity contribution is 6.31. The summed E-state index contributed by atoms with van der Waals surface area (Å²) in [6, 6.07) is 13.6. The summed E-state index contributed by atoms with van der Waals surface area (Å²) >= 11 is 6.12. The minimum atomic E-state index is -0.296. The van der Waals surface area contributed by atoms with Gasteiger partial charge in [-0.25, -0.2) is 4.79 Å². The molecule has 0 saturated carbocycles. The number of benzene rings is 2. The third-order valence-electron chi connectivity index (χ3n) is 5.62. The van der Waals surface area contributed by atoms with Crippen LogP contribution in [0.3, 0.4) is 0 Å². The van der Waals surface area contributed by atoms with Crippen molar-refractivity contribution in [3.63, 3.8) is 0 Å². The van der Waals surface area contributed by atoms with Crippen LogP contribution in [0.5, 0.6) is 5.75 Å². The van der Waals surface area contributed by atoms with Gasteiger partial charge in [0.15, 0.2) is 5.58 Å². The van der Waals surface area contributed by atoms with Gasteiger partial charge >= 0.3 is 5.76 Å². The first kappa shape index (κ1) is 17.6. The standard InChI is InChI=1S/C22H21ClN2O3/c23-17-5-6-21-19(12-17)25(22(26)28-21)18-7-9-24(10-8-18)13-15-11-16-3-1-2-4-20(16)27-14-15/h1-6,11-12,18H,7-10,13-14H2. The second-order valence-electron chi connectivity index (χ2n) is 7.49. The molecule has 0 atom stereocenters. The predicted molar refractivity (Wildman–Crippen MR) is 110 cm³/mol. The molecule has 5 rings (SSSR count). The normalized spacial score (nSPS) is 18.0. The molecule has 2 aliphatic rings. The van der Waals surface area contributed by atoms with E-state index < -0.39 is 0 Å². The number of oxazole rings is 1. The Morgan fingerprint density at radius 1 is 1.11 bits per heavy atom. The van der Waals surface area contributed by atoms with Crippen molar-refractivity contribution in [1.29, 1.82) is 0 Å². The Kier molecular flexibility index (Phi) is 4.49. The van der Waals surface area contributed by atoms with Gasteiger partial charge in [-0.15, -0.1) is 0 Å². The molecule has 0 radical (unpaired) electrons. The summed E-state index contributed by atoms with van der Waals surface area (Å²) < 4.78 is 13.0. The zero-order valence-electron chi connectivity index (χ0n) is 15.4. The molecular weight excluding hydrogens is 376 g/mol. The van der Waals surface area contributed by atoms with Crippen molar-refractivity contribution in [2.75, 3.05) is 26.2 Å². The average molecular weight is 397 g/mol. The van der Waals surface area contributed by atoms with Gasteiger partial charge < -0.3 is 9.15 Å². The maximum absolute atomic E-state index is 12.4. The molecule has 3 aromatic rings. The molecule has 0 aliphatic carbocycles. The molecule has 1 aromatic heterocycles. The minimum absolute atomic E-state index is 0.140. The number of ether oxygens (including phenoxy) is 1. The van der Waals surface area contributed by atoms with Crippen molar-refractivity contribution in [2.24, 2.45) is 0 Å². The van der Waals surface area contributed by atoms with Gasteiger partial charge in [0.25, 0.3) is 0 Å². The van der Waals surface area contributed by atoms with Gasteiger partial charge in [-0.05, 0) is 48.8 Å². The number of aromatic nitrogens is 1. The molecule has 0 bridgehead atoms. The van der Waals surface area contributed by atoms with Crippen molar-refractivity contribution >= 4 is 28.8 Å². The first-order valence-electron chi connectivity index (χ1n) is 9.61. The molecule has 1 fully saturated rings. The summed E-state index contributed by atoms with van der Waals surface area (Å²) in [5, 5.41) is 0.615. The van der Waals surface area contributed by atoms with Crippen LogP contribution in [0.15, 0.2) is 57.2 Å². The first-order valence-corrected chi connectivity index (χ1v) is 9.99. The van der Waals surface area contributed by atoms with Crippen LogP contribution < -0.4 is 10.5 Å². The molecule has 5 nitrogen and oxygen atoms in total. The van der Waals surface area contributed by atoms with E-state index in [1.54, 1.807) is 16.7 Å². The van der Waals surface area contributed by atoms with Gasteiger partial charge in [-0.3, -0.25) is 9.47 Å². The molecule has 0 spiro atoms. The van der Waals surface area contributed by atoms with Crippen molar-refractivity contribution in [3.8, 4) is 5.75 Å². The molecule has 1 saturated heterocycles. The third-order valence-corrected chi connectivity index (χ3v) is 5.85. The Labute approximate surface area is 167 Å². The van der Waals surface area contributed by atoms with Crippen LogP contribution in [0.4, 0.5) is 0 Å². The van der Waals surface area contributed by atoms with E-state index in [0.29, 0.717) is 17.2 Å². The van der Waals surface area contributed by atoms with Gasteiger partial charge in [-0.2, -0.15) is 0 Å². The van der Waals surface area contributed by atoms with Gasteiger partial charge in [0.1, 0.15) is 12.4 Å². The largest absolute Gasteiger partial charge is 0.489 e. The van der Waals surface area contributed by atoms with Gasteiger partial charge in [0, 0.05) is 36.3 Å². The molecular formula is C22H21ClN2O3. The summed E-state index contributed by atoms with van der Waals surface area (Å²) in [4.78, 5) is 14.8. The van der Waals surface area contributed by atoms with Crippen LogP contribution in [0.2, 0.25) is 5.02 Å². The van der Waals surface area contributed by atoms with E-state index in [4.69, 9.17) is 20.8 Å². The van der Waals surface area contributed by atoms with Crippen LogP contribution in [0.1, 0.15) is 24.4 Å². The number of piperidine rings is 1. The lowest BCUT2D eigenvalue weighted by Crippen LogP contribution is -2.38. The van der Waals surface area contributed by atoms with Crippen LogP contribution in [-0.2, 0) is 0 Å². The zero-order valence-corrected chi connectivity index (χ0v) is 16.2. The number of halogens is 1. The number of nitrogens with zero attached hydrogens (tertiary/aromatic N) is 2. The Morgan fingerprint density at radius 3 is 2.79 bits per heavy atom. The molecule has 2 aliphatic heterocycles. The lowest BCUT2D eigenvalue weighted by molar-refractivity contribution is 0.191. The topological polar surface area (TPSA) is 47.6 Å². The van der Waals surface area contributed by atoms with Crippen molar-refractivity contribution in [3.05, 3.63) is 69.2 Å². The quantitative estimate of drug-likeness (QED) is 0.660.